The molecule has 1 amide bonds. The molecular formula is C20H25N3O3. The van der Waals surface area contributed by atoms with Crippen molar-refractivity contribution in [1.82, 2.24) is 10.3 Å². The van der Waals surface area contributed by atoms with Crippen molar-refractivity contribution in [3.05, 3.63) is 53.7 Å². The van der Waals surface area contributed by atoms with E-state index in [4.69, 9.17) is 9.47 Å². The van der Waals surface area contributed by atoms with Crippen LogP contribution in [0, 0.1) is 6.92 Å². The summed E-state index contributed by atoms with van der Waals surface area (Å²) in [5.74, 6) is 1.44. The zero-order chi connectivity index (χ0) is 18.4. The summed E-state index contributed by atoms with van der Waals surface area (Å²) in [5, 5.41) is 2.95. The number of rotatable bonds is 6. The topological polar surface area (TPSA) is 63.7 Å². The Labute approximate surface area is 154 Å². The van der Waals surface area contributed by atoms with Crippen molar-refractivity contribution in [2.45, 2.75) is 26.5 Å². The third-order valence-corrected chi connectivity index (χ3v) is 4.33. The van der Waals surface area contributed by atoms with E-state index < -0.39 is 6.10 Å². The number of hydrogen-bond donors (Lipinski definition) is 1. The summed E-state index contributed by atoms with van der Waals surface area (Å²) in [4.78, 5) is 19.1. The number of benzene rings is 1. The Kier molecular flexibility index (Phi) is 6.07. The first-order valence-corrected chi connectivity index (χ1v) is 8.91. The van der Waals surface area contributed by atoms with Crippen LogP contribution in [0.4, 0.5) is 5.82 Å². The second-order valence-corrected chi connectivity index (χ2v) is 6.38. The third-order valence-electron chi connectivity index (χ3n) is 4.33. The number of carbonyl (C=O) groups is 1. The molecule has 1 aromatic carbocycles. The minimum atomic E-state index is -0.568. The second-order valence-electron chi connectivity index (χ2n) is 6.38. The number of hydrogen-bond acceptors (Lipinski definition) is 5. The fourth-order valence-electron chi connectivity index (χ4n) is 2.83. The normalized spacial score (nSPS) is 15.4. The predicted molar refractivity (Wildman–Crippen MR) is 100 cm³/mol. The highest BCUT2D eigenvalue weighted by Gasteiger charge is 2.18. The van der Waals surface area contributed by atoms with E-state index in [-0.39, 0.29) is 5.91 Å². The number of carbonyl (C=O) groups excluding carboxylic acids is 1. The SMILES string of the molecule is Cc1ccc(OC(C)C(=O)NCc2cccnc2N2CCOCC2)cc1. The van der Waals surface area contributed by atoms with E-state index in [1.165, 1.54) is 0 Å². The molecule has 26 heavy (non-hydrogen) atoms. The Morgan fingerprint density at radius 1 is 1.27 bits per heavy atom. The number of pyridine rings is 1. The molecule has 6 nitrogen and oxygen atoms in total. The molecule has 1 aliphatic rings. The molecule has 1 unspecified atom stereocenters. The van der Waals surface area contributed by atoms with Crippen molar-refractivity contribution in [3.8, 4) is 5.75 Å². The lowest BCUT2D eigenvalue weighted by atomic mass is 10.2. The lowest BCUT2D eigenvalue weighted by Gasteiger charge is -2.29. The van der Waals surface area contributed by atoms with E-state index in [1.807, 2.05) is 43.3 Å². The molecule has 1 N–H and O–H groups in total. The number of ether oxygens (including phenoxy) is 2. The van der Waals surface area contributed by atoms with Crippen molar-refractivity contribution in [2.24, 2.45) is 0 Å². The van der Waals surface area contributed by atoms with Gasteiger partial charge in [0.05, 0.1) is 13.2 Å². The molecule has 2 aromatic rings. The zero-order valence-electron chi connectivity index (χ0n) is 15.3. The predicted octanol–water partition coefficient (Wildman–Crippen LogP) is 2.31. The lowest BCUT2D eigenvalue weighted by molar-refractivity contribution is -0.127. The van der Waals surface area contributed by atoms with E-state index in [0.717, 1.165) is 30.0 Å². The number of aryl methyl sites for hydroxylation is 1. The molecule has 1 fully saturated rings. The zero-order valence-corrected chi connectivity index (χ0v) is 15.3. The van der Waals surface area contributed by atoms with Gasteiger partial charge in [0.15, 0.2) is 6.10 Å². The Morgan fingerprint density at radius 3 is 2.73 bits per heavy atom. The number of morpholine rings is 1. The summed E-state index contributed by atoms with van der Waals surface area (Å²) in [6.45, 7) is 7.20. The second kappa shape index (κ2) is 8.67. The Balaban J connectivity index is 1.58. The fourth-order valence-corrected chi connectivity index (χ4v) is 2.83. The fraction of sp³-hybridized carbons (Fsp3) is 0.400. The molecule has 2 heterocycles. The van der Waals surface area contributed by atoms with Gasteiger partial charge in [-0.25, -0.2) is 4.98 Å². The van der Waals surface area contributed by atoms with Crippen LogP contribution in [-0.2, 0) is 16.1 Å². The largest absolute Gasteiger partial charge is 0.481 e. The first-order valence-electron chi connectivity index (χ1n) is 8.91. The average Bonchev–Trinajstić information content (AvgIpc) is 2.68. The summed E-state index contributed by atoms with van der Waals surface area (Å²) < 4.78 is 11.1. The molecule has 0 spiro atoms. The van der Waals surface area contributed by atoms with Gasteiger partial charge in [0.1, 0.15) is 11.6 Å². The molecular weight excluding hydrogens is 330 g/mol. The van der Waals surface area contributed by atoms with Crippen molar-refractivity contribution < 1.29 is 14.3 Å². The Bertz CT molecular complexity index is 727. The Hall–Kier alpha value is -2.60. The summed E-state index contributed by atoms with van der Waals surface area (Å²) in [5.41, 5.74) is 2.15. The molecule has 3 rings (SSSR count). The smallest absolute Gasteiger partial charge is 0.261 e. The van der Waals surface area contributed by atoms with E-state index in [0.29, 0.717) is 25.5 Å². The quantitative estimate of drug-likeness (QED) is 0.861. The molecule has 0 saturated carbocycles. The molecule has 0 radical (unpaired) electrons. The van der Waals surface area contributed by atoms with Gasteiger partial charge in [-0.05, 0) is 32.0 Å². The summed E-state index contributed by atoms with van der Waals surface area (Å²) in [7, 11) is 0. The van der Waals surface area contributed by atoms with E-state index in [2.05, 4.69) is 15.2 Å². The minimum Gasteiger partial charge on any atom is -0.481 e. The molecule has 1 atom stereocenters. The van der Waals surface area contributed by atoms with Gasteiger partial charge in [-0.2, -0.15) is 0 Å². The van der Waals surface area contributed by atoms with Crippen LogP contribution < -0.4 is 15.0 Å². The number of amides is 1. The first-order chi connectivity index (χ1) is 12.6. The van der Waals surface area contributed by atoms with Crippen LogP contribution in [0.5, 0.6) is 5.75 Å². The average molecular weight is 355 g/mol. The number of anilines is 1. The maximum Gasteiger partial charge on any atom is 0.261 e. The number of nitrogens with one attached hydrogen (secondary N) is 1. The van der Waals surface area contributed by atoms with Crippen LogP contribution in [0.2, 0.25) is 0 Å². The van der Waals surface area contributed by atoms with E-state index in [1.54, 1.807) is 13.1 Å². The van der Waals surface area contributed by atoms with Crippen LogP contribution >= 0.6 is 0 Å². The standard InChI is InChI=1S/C20H25N3O3/c1-15-5-7-18(8-6-15)26-16(2)20(24)22-14-17-4-3-9-21-19(17)23-10-12-25-13-11-23/h3-9,16H,10-14H2,1-2H3,(H,22,24). The molecule has 1 aliphatic heterocycles. The first kappa shape index (κ1) is 18.2. The van der Waals surface area contributed by atoms with Gasteiger partial charge in [0.25, 0.3) is 5.91 Å². The van der Waals surface area contributed by atoms with Gasteiger partial charge in [-0.3, -0.25) is 4.79 Å². The highest BCUT2D eigenvalue weighted by Crippen LogP contribution is 2.18. The van der Waals surface area contributed by atoms with Gasteiger partial charge in [-0.1, -0.05) is 23.8 Å². The Morgan fingerprint density at radius 2 is 2.00 bits per heavy atom. The monoisotopic (exact) mass is 355 g/mol. The van der Waals surface area contributed by atoms with Gasteiger partial charge in [-0.15, -0.1) is 0 Å². The third kappa shape index (κ3) is 4.73. The minimum absolute atomic E-state index is 0.151. The van der Waals surface area contributed by atoms with Crippen molar-refractivity contribution in [3.63, 3.8) is 0 Å². The van der Waals surface area contributed by atoms with Crippen LogP contribution in [0.25, 0.3) is 0 Å². The molecule has 6 heteroatoms. The van der Waals surface area contributed by atoms with Crippen LogP contribution in [0.15, 0.2) is 42.6 Å². The van der Waals surface area contributed by atoms with Crippen molar-refractivity contribution in [1.29, 1.82) is 0 Å². The van der Waals surface area contributed by atoms with Crippen LogP contribution in [0.1, 0.15) is 18.1 Å². The molecule has 138 valence electrons. The maximum absolute atomic E-state index is 12.4. The number of aromatic nitrogens is 1. The molecule has 0 bridgehead atoms. The van der Waals surface area contributed by atoms with Crippen LogP contribution in [-0.4, -0.2) is 43.3 Å². The van der Waals surface area contributed by atoms with Gasteiger partial charge in [0, 0.05) is 31.4 Å². The van der Waals surface area contributed by atoms with Gasteiger partial charge < -0.3 is 19.7 Å². The molecule has 1 aromatic heterocycles. The lowest BCUT2D eigenvalue weighted by Crippen LogP contribution is -2.39. The number of nitrogens with zero attached hydrogens (tertiary/aromatic N) is 2. The van der Waals surface area contributed by atoms with Crippen LogP contribution in [0.3, 0.4) is 0 Å². The van der Waals surface area contributed by atoms with Gasteiger partial charge >= 0.3 is 0 Å². The van der Waals surface area contributed by atoms with E-state index >= 15 is 0 Å². The summed E-state index contributed by atoms with van der Waals surface area (Å²) >= 11 is 0. The van der Waals surface area contributed by atoms with Crippen molar-refractivity contribution >= 4 is 11.7 Å². The molecule has 0 aliphatic carbocycles. The van der Waals surface area contributed by atoms with Gasteiger partial charge in [0.2, 0.25) is 0 Å². The summed E-state index contributed by atoms with van der Waals surface area (Å²) in [6, 6.07) is 11.5. The molecule has 1 saturated heterocycles. The highest BCUT2D eigenvalue weighted by atomic mass is 16.5. The highest BCUT2D eigenvalue weighted by molar-refractivity contribution is 5.80. The van der Waals surface area contributed by atoms with Crippen molar-refractivity contribution in [2.75, 3.05) is 31.2 Å². The maximum atomic E-state index is 12.4. The van der Waals surface area contributed by atoms with E-state index in [9.17, 15) is 4.79 Å². The summed E-state index contributed by atoms with van der Waals surface area (Å²) in [6.07, 6.45) is 1.21.